The van der Waals surface area contributed by atoms with Crippen molar-refractivity contribution in [3.63, 3.8) is 0 Å². The fourth-order valence-corrected chi connectivity index (χ4v) is 0. The van der Waals surface area contributed by atoms with Crippen molar-refractivity contribution in [2.24, 2.45) is 0 Å². The van der Waals surface area contributed by atoms with Crippen LogP contribution in [0.15, 0.2) is 0 Å². The molecule has 0 atom stereocenters. The van der Waals surface area contributed by atoms with Crippen molar-refractivity contribution in [2.75, 3.05) is 0 Å². The van der Waals surface area contributed by atoms with Crippen molar-refractivity contribution in [2.45, 2.75) is 0 Å². The molecule has 0 radical (unpaired) electrons. The Kier molecular flexibility index (Phi) is 249. The fraction of sp³-hybridized carbons (Fsp3) is 0. The molecule has 0 unspecified atom stereocenters. The molecule has 4 heteroatoms. The second kappa shape index (κ2) is 22.5. The van der Waals surface area contributed by atoms with Crippen LogP contribution in [0.3, 0.4) is 0 Å². The Bertz CT molecular complexity index is 8.00. The predicted octanol–water partition coefficient (Wildman–Crippen LogP) is -0.126. The Morgan fingerprint density at radius 2 is 1.00 bits per heavy atom. The van der Waals surface area contributed by atoms with E-state index in [2.05, 4.69) is 0 Å². The first-order valence-electron chi connectivity index (χ1n) is 0. The summed E-state index contributed by atoms with van der Waals surface area (Å²) in [5.41, 5.74) is 0. The average Bonchev–Trinajstić information content (AvgIpc) is 0. The van der Waals surface area contributed by atoms with E-state index in [0.717, 1.165) is 0 Å². The Morgan fingerprint density at radius 3 is 1.00 bits per heavy atom. The second-order valence-electron chi connectivity index (χ2n) is 0. The van der Waals surface area contributed by atoms with E-state index >= 15 is 0 Å². The maximum Gasteiger partial charge on any atom is 5.00 e. The van der Waals surface area contributed by atoms with Crippen LogP contribution in [-0.4, -0.2) is 0 Å². The Labute approximate surface area is 60.6 Å². The molecule has 0 heterocycles. The van der Waals surface area contributed by atoms with Gasteiger partial charge in [0.25, 0.3) is 0 Å². The third kappa shape index (κ3) is 9.38. The molecule has 0 aromatic rings. The van der Waals surface area contributed by atoms with Crippen molar-refractivity contribution < 1.29 is 47.3 Å². The molecule has 0 spiro atoms. The molecule has 0 rings (SSSR count). The monoisotopic (exact) mass is 205 g/mol. The van der Waals surface area contributed by atoms with Crippen LogP contribution in [0.1, 0.15) is 0 Å². The Balaban J connectivity index is 0. The van der Waals surface area contributed by atoms with Crippen LogP contribution in [-0.2, 0) is 60.8 Å². The van der Waals surface area contributed by atoms with Gasteiger partial charge in [0, 0.05) is 0 Å². The van der Waals surface area contributed by atoms with Crippen LogP contribution in [0.5, 0.6) is 0 Å². The minimum absolute atomic E-state index is 0. The number of hydrogen-bond acceptors (Lipinski definition) is 0. The Morgan fingerprint density at radius 1 is 1.00 bits per heavy atom. The van der Waals surface area contributed by atoms with E-state index in [4.69, 9.17) is 0 Å². The molecule has 0 aliphatic heterocycles. The normalized spacial score (nSPS) is 0. The molecule has 0 bridgehead atoms. The number of rotatable bonds is 0. The smallest absolute Gasteiger partial charge is 2.00 e. The van der Waals surface area contributed by atoms with Gasteiger partial charge in [0.2, 0.25) is 0 Å². The summed E-state index contributed by atoms with van der Waals surface area (Å²) in [6, 6.07) is 0. The third-order valence-electron chi connectivity index (χ3n) is 0. The van der Waals surface area contributed by atoms with E-state index in [1.54, 1.807) is 0 Å². The maximum absolute atomic E-state index is 0. The van der Waals surface area contributed by atoms with Crippen molar-refractivity contribution >= 4 is 13.5 Å². The molecular formula is NbOSZn+3. The van der Waals surface area contributed by atoms with E-state index in [1.165, 1.54) is 0 Å². The van der Waals surface area contributed by atoms with Gasteiger partial charge in [-0.3, -0.25) is 0 Å². The van der Waals surface area contributed by atoms with Gasteiger partial charge < -0.3 is 19.0 Å². The van der Waals surface area contributed by atoms with Crippen LogP contribution in [0.4, 0.5) is 0 Å². The zero-order chi connectivity index (χ0) is 0. The quantitative estimate of drug-likeness (QED) is 0.494. The summed E-state index contributed by atoms with van der Waals surface area (Å²) < 4.78 is 0. The largest absolute Gasteiger partial charge is 5.00 e. The molecule has 0 aromatic carbocycles. The molecule has 0 aromatic heterocycles. The summed E-state index contributed by atoms with van der Waals surface area (Å²) in [6.07, 6.45) is 0. The average molecular weight is 206 g/mol. The van der Waals surface area contributed by atoms with E-state index in [-0.39, 0.29) is 60.8 Å². The van der Waals surface area contributed by atoms with Gasteiger partial charge in [-0.25, -0.2) is 0 Å². The molecular weight excluding hydrogens is 206 g/mol. The van der Waals surface area contributed by atoms with Crippen molar-refractivity contribution in [3.8, 4) is 0 Å². The van der Waals surface area contributed by atoms with Gasteiger partial charge in [0.05, 0.1) is 0 Å². The topological polar surface area (TPSA) is 28.5 Å². The molecule has 4 heavy (non-hydrogen) atoms. The maximum atomic E-state index is 0. The van der Waals surface area contributed by atoms with Crippen LogP contribution in [0.25, 0.3) is 0 Å². The minimum atomic E-state index is 0. The molecule has 0 fully saturated rings. The SMILES string of the molecule is [Nb+5].[O-2].[S-2].[Zn+2]. The van der Waals surface area contributed by atoms with Gasteiger partial charge in [-0.2, -0.15) is 0 Å². The van der Waals surface area contributed by atoms with E-state index in [0.29, 0.717) is 0 Å². The molecule has 0 amide bonds. The summed E-state index contributed by atoms with van der Waals surface area (Å²) in [7, 11) is 0. The van der Waals surface area contributed by atoms with Gasteiger partial charge in [0.15, 0.2) is 0 Å². The van der Waals surface area contributed by atoms with E-state index < -0.39 is 0 Å². The summed E-state index contributed by atoms with van der Waals surface area (Å²) >= 11 is 0. The van der Waals surface area contributed by atoms with E-state index in [1.807, 2.05) is 0 Å². The molecule has 0 saturated carbocycles. The first kappa shape index (κ1) is 44.2. The van der Waals surface area contributed by atoms with Crippen molar-refractivity contribution in [1.82, 2.24) is 0 Å². The summed E-state index contributed by atoms with van der Waals surface area (Å²) in [4.78, 5) is 0. The first-order chi connectivity index (χ1) is 0. The summed E-state index contributed by atoms with van der Waals surface area (Å²) in [5, 5.41) is 0. The van der Waals surface area contributed by atoms with Gasteiger partial charge in [-0.15, -0.1) is 0 Å². The zero-order valence-corrected chi connectivity index (χ0v) is 7.95. The van der Waals surface area contributed by atoms with Gasteiger partial charge >= 0.3 is 41.9 Å². The summed E-state index contributed by atoms with van der Waals surface area (Å²) in [6.45, 7) is 0. The standard InChI is InChI=1S/Nb.O.S.Zn/q+5;2*-2;+2. The second-order valence-corrected chi connectivity index (χ2v) is 0. The minimum Gasteiger partial charge on any atom is -2.00 e. The van der Waals surface area contributed by atoms with Gasteiger partial charge in [-0.1, -0.05) is 0 Å². The molecule has 1 nitrogen and oxygen atoms in total. The van der Waals surface area contributed by atoms with Crippen molar-refractivity contribution in [3.05, 3.63) is 0 Å². The molecule has 0 saturated heterocycles. The molecule has 16 valence electrons. The number of hydrogen-bond donors (Lipinski definition) is 0. The van der Waals surface area contributed by atoms with Crippen molar-refractivity contribution in [1.29, 1.82) is 0 Å². The van der Waals surface area contributed by atoms with Crippen LogP contribution >= 0.6 is 0 Å². The first-order valence-corrected chi connectivity index (χ1v) is 0. The van der Waals surface area contributed by atoms with Gasteiger partial charge in [-0.05, 0) is 0 Å². The Hall–Kier alpha value is 1.67. The third-order valence-corrected chi connectivity index (χ3v) is 0. The predicted molar refractivity (Wildman–Crippen MR) is 8.05 cm³/mol. The molecule has 0 aliphatic rings. The molecule has 0 aliphatic carbocycles. The summed E-state index contributed by atoms with van der Waals surface area (Å²) in [5.74, 6) is 0. The van der Waals surface area contributed by atoms with Crippen LogP contribution in [0, 0.1) is 0 Å². The van der Waals surface area contributed by atoms with Crippen LogP contribution in [0.2, 0.25) is 0 Å². The van der Waals surface area contributed by atoms with Gasteiger partial charge in [0.1, 0.15) is 0 Å². The zero-order valence-electron chi connectivity index (χ0n) is 1.97. The fourth-order valence-electron chi connectivity index (χ4n) is 0. The van der Waals surface area contributed by atoms with Crippen LogP contribution < -0.4 is 0 Å². The molecule has 0 N–H and O–H groups in total. The van der Waals surface area contributed by atoms with E-state index in [9.17, 15) is 0 Å².